The van der Waals surface area contributed by atoms with Crippen molar-refractivity contribution in [2.45, 2.75) is 32.2 Å². The molecular weight excluding hydrogens is 285 g/mol. The molecule has 2 aliphatic rings. The van der Waals surface area contributed by atoms with Crippen molar-refractivity contribution in [2.24, 2.45) is 0 Å². The molecule has 6 nitrogen and oxygen atoms in total. The molecule has 7 heteroatoms. The summed E-state index contributed by atoms with van der Waals surface area (Å²) in [6.07, 6.45) is 0.591. The van der Waals surface area contributed by atoms with Gasteiger partial charge in [0.2, 0.25) is 0 Å². The van der Waals surface area contributed by atoms with E-state index in [1.54, 1.807) is 6.07 Å². The second-order valence-electron chi connectivity index (χ2n) is 6.01. The van der Waals surface area contributed by atoms with Crippen molar-refractivity contribution in [1.82, 2.24) is 4.90 Å². The van der Waals surface area contributed by atoms with E-state index in [0.717, 1.165) is 25.2 Å². The summed E-state index contributed by atoms with van der Waals surface area (Å²) in [5.74, 6) is -0.609. The van der Waals surface area contributed by atoms with Gasteiger partial charge in [0.05, 0.1) is 0 Å². The van der Waals surface area contributed by atoms with Gasteiger partial charge in [-0.3, -0.25) is 4.90 Å². The van der Waals surface area contributed by atoms with Gasteiger partial charge in [0.15, 0.2) is 0 Å². The normalized spacial score (nSPS) is 21.8. The van der Waals surface area contributed by atoms with Crippen molar-refractivity contribution >= 4 is 13.1 Å². The third-order valence-corrected chi connectivity index (χ3v) is 4.35. The zero-order valence-corrected chi connectivity index (χ0v) is 12.8. The van der Waals surface area contributed by atoms with Crippen molar-refractivity contribution in [2.75, 3.05) is 19.6 Å². The van der Waals surface area contributed by atoms with Gasteiger partial charge in [0, 0.05) is 18.9 Å². The van der Waals surface area contributed by atoms with Crippen LogP contribution in [0.25, 0.3) is 0 Å². The second kappa shape index (κ2) is 5.81. The average molecular weight is 305 g/mol. The standard InChI is InChI=1S/C15H20BNO5/c1-3-17-7-11(8-17)21-12-5-4-10-6-9(2)16(20)22-14(10)13(12)15(18)19/h4-5,9,11,20H,3,6-8H2,1-2H3,(H,18,19). The van der Waals surface area contributed by atoms with Crippen LogP contribution in [0.2, 0.25) is 5.82 Å². The van der Waals surface area contributed by atoms with Crippen LogP contribution in [0.1, 0.15) is 29.8 Å². The van der Waals surface area contributed by atoms with E-state index in [9.17, 15) is 14.9 Å². The molecule has 1 aromatic rings. The fourth-order valence-corrected chi connectivity index (χ4v) is 2.92. The number of hydrogen-bond acceptors (Lipinski definition) is 5. The number of rotatable bonds is 4. The maximum atomic E-state index is 11.6. The highest BCUT2D eigenvalue weighted by Gasteiger charge is 2.36. The van der Waals surface area contributed by atoms with Crippen LogP contribution in [0.15, 0.2) is 12.1 Å². The lowest BCUT2D eigenvalue weighted by atomic mass is 9.68. The minimum absolute atomic E-state index is 0.00328. The Morgan fingerprint density at radius 1 is 1.50 bits per heavy atom. The van der Waals surface area contributed by atoms with Gasteiger partial charge in [-0.2, -0.15) is 0 Å². The average Bonchev–Trinajstić information content (AvgIpc) is 2.43. The molecule has 2 heterocycles. The number of fused-ring (bicyclic) bond motifs is 1. The summed E-state index contributed by atoms with van der Waals surface area (Å²) < 4.78 is 11.3. The van der Waals surface area contributed by atoms with Gasteiger partial charge in [-0.05, 0) is 24.6 Å². The number of carboxylic acids is 1. The van der Waals surface area contributed by atoms with Crippen LogP contribution in [0.4, 0.5) is 0 Å². The molecule has 0 amide bonds. The van der Waals surface area contributed by atoms with Crippen molar-refractivity contribution in [3.05, 3.63) is 23.3 Å². The van der Waals surface area contributed by atoms with E-state index < -0.39 is 13.1 Å². The highest BCUT2D eigenvalue weighted by atomic mass is 16.5. The van der Waals surface area contributed by atoms with E-state index in [1.807, 2.05) is 13.0 Å². The Hall–Kier alpha value is -1.73. The number of carboxylic acid groups (broad SMARTS) is 1. The highest BCUT2D eigenvalue weighted by Crippen LogP contribution is 2.39. The summed E-state index contributed by atoms with van der Waals surface area (Å²) in [7, 11) is -0.986. The number of aromatic carboxylic acids is 1. The van der Waals surface area contributed by atoms with Crippen molar-refractivity contribution in [3.63, 3.8) is 0 Å². The highest BCUT2D eigenvalue weighted by molar-refractivity contribution is 6.46. The van der Waals surface area contributed by atoms with Crippen molar-refractivity contribution < 1.29 is 24.3 Å². The molecule has 2 N–H and O–H groups in total. The Morgan fingerprint density at radius 3 is 2.86 bits per heavy atom. The van der Waals surface area contributed by atoms with Crippen molar-refractivity contribution in [1.29, 1.82) is 0 Å². The fourth-order valence-electron chi connectivity index (χ4n) is 2.92. The molecule has 1 unspecified atom stereocenters. The molecule has 0 spiro atoms. The first kappa shape index (κ1) is 15.2. The monoisotopic (exact) mass is 305 g/mol. The zero-order valence-electron chi connectivity index (χ0n) is 12.8. The van der Waals surface area contributed by atoms with E-state index in [1.165, 1.54) is 0 Å². The summed E-state index contributed by atoms with van der Waals surface area (Å²) in [5, 5.41) is 19.4. The number of carbonyl (C=O) groups is 1. The van der Waals surface area contributed by atoms with Gasteiger partial charge in [-0.15, -0.1) is 0 Å². The third-order valence-electron chi connectivity index (χ3n) is 4.35. The molecule has 0 aromatic heterocycles. The lowest BCUT2D eigenvalue weighted by Crippen LogP contribution is -2.53. The molecule has 22 heavy (non-hydrogen) atoms. The maximum absolute atomic E-state index is 11.6. The SMILES string of the molecule is CCN1CC(Oc2ccc3c(c2C(=O)O)OB(O)C(C)C3)C1. The summed E-state index contributed by atoms with van der Waals surface area (Å²) in [6.45, 7) is 6.50. The van der Waals surface area contributed by atoms with Crippen LogP contribution in [0, 0.1) is 0 Å². The van der Waals surface area contributed by atoms with Crippen LogP contribution in [0.3, 0.4) is 0 Å². The molecule has 1 saturated heterocycles. The molecule has 1 fully saturated rings. The van der Waals surface area contributed by atoms with Gasteiger partial charge in [0.1, 0.15) is 23.2 Å². The summed E-state index contributed by atoms with van der Waals surface area (Å²) in [4.78, 5) is 13.9. The van der Waals surface area contributed by atoms with E-state index >= 15 is 0 Å². The molecule has 0 bridgehead atoms. The molecular formula is C15H20BNO5. The fraction of sp³-hybridized carbons (Fsp3) is 0.533. The number of likely N-dealkylation sites (tertiary alicyclic amines) is 1. The summed E-state index contributed by atoms with van der Waals surface area (Å²) in [5.41, 5.74) is 0.810. The Morgan fingerprint density at radius 2 is 2.23 bits per heavy atom. The first-order valence-corrected chi connectivity index (χ1v) is 7.62. The Bertz CT molecular complexity index is 588. The molecule has 1 atom stereocenters. The largest absolute Gasteiger partial charge is 0.535 e. The lowest BCUT2D eigenvalue weighted by Gasteiger charge is -2.38. The van der Waals surface area contributed by atoms with Gasteiger partial charge in [-0.25, -0.2) is 4.79 Å². The minimum Gasteiger partial charge on any atom is -0.535 e. The second-order valence-corrected chi connectivity index (χ2v) is 6.01. The van der Waals surface area contributed by atoms with Crippen LogP contribution in [-0.2, 0) is 6.42 Å². The van der Waals surface area contributed by atoms with Gasteiger partial charge >= 0.3 is 13.1 Å². The summed E-state index contributed by atoms with van der Waals surface area (Å²) in [6, 6.07) is 3.53. The smallest absolute Gasteiger partial charge is 0.525 e. The minimum atomic E-state index is -1.10. The number of likely N-dealkylation sites (N-methyl/N-ethyl adjacent to an activating group) is 1. The predicted octanol–water partition coefficient (Wildman–Crippen LogP) is 1.27. The number of benzene rings is 1. The number of hydrogen-bond donors (Lipinski definition) is 2. The number of ether oxygens (including phenoxy) is 1. The van der Waals surface area contributed by atoms with E-state index in [4.69, 9.17) is 9.39 Å². The molecule has 0 saturated carbocycles. The zero-order chi connectivity index (χ0) is 15.9. The predicted molar refractivity (Wildman–Crippen MR) is 81.7 cm³/mol. The molecule has 2 aliphatic heterocycles. The van der Waals surface area contributed by atoms with E-state index in [0.29, 0.717) is 12.2 Å². The Labute approximate surface area is 129 Å². The first-order chi connectivity index (χ1) is 10.5. The van der Waals surface area contributed by atoms with Crippen LogP contribution in [0.5, 0.6) is 11.5 Å². The molecule has 118 valence electrons. The quantitative estimate of drug-likeness (QED) is 0.816. The van der Waals surface area contributed by atoms with Crippen molar-refractivity contribution in [3.8, 4) is 11.5 Å². The summed E-state index contributed by atoms with van der Waals surface area (Å²) >= 11 is 0. The van der Waals surface area contributed by atoms with Gasteiger partial charge in [-0.1, -0.05) is 19.9 Å². The molecule has 1 aromatic carbocycles. The third kappa shape index (κ3) is 2.66. The van der Waals surface area contributed by atoms with Crippen LogP contribution in [-0.4, -0.2) is 53.9 Å². The van der Waals surface area contributed by atoms with E-state index in [-0.39, 0.29) is 23.2 Å². The Balaban J connectivity index is 1.88. The van der Waals surface area contributed by atoms with Gasteiger partial charge < -0.3 is 19.5 Å². The molecule has 0 radical (unpaired) electrons. The first-order valence-electron chi connectivity index (χ1n) is 7.62. The maximum Gasteiger partial charge on any atom is 0.525 e. The van der Waals surface area contributed by atoms with Crippen LogP contribution < -0.4 is 9.39 Å². The lowest BCUT2D eigenvalue weighted by molar-refractivity contribution is 0.0225. The van der Waals surface area contributed by atoms with Gasteiger partial charge in [0.25, 0.3) is 0 Å². The topological polar surface area (TPSA) is 79.2 Å². The Kier molecular flexibility index (Phi) is 4.01. The molecule has 0 aliphatic carbocycles. The van der Waals surface area contributed by atoms with E-state index in [2.05, 4.69) is 11.8 Å². The number of nitrogens with zero attached hydrogens (tertiary/aromatic N) is 1. The molecule has 3 rings (SSSR count). The van der Waals surface area contributed by atoms with Crippen LogP contribution >= 0.6 is 0 Å².